The van der Waals surface area contributed by atoms with Gasteiger partial charge in [-0.2, -0.15) is 4.31 Å². The molecule has 1 aliphatic carbocycles. The van der Waals surface area contributed by atoms with Gasteiger partial charge in [-0.25, -0.2) is 8.42 Å². The first kappa shape index (κ1) is 15.4. The molecule has 3 unspecified atom stereocenters. The highest BCUT2D eigenvalue weighted by atomic mass is 32.2. The molecule has 2 aliphatic rings. The van der Waals surface area contributed by atoms with E-state index in [1.807, 2.05) is 13.8 Å². The predicted molar refractivity (Wildman–Crippen MR) is 84.8 cm³/mol. The van der Waals surface area contributed by atoms with Crippen LogP contribution >= 0.6 is 0 Å². The molecule has 1 aliphatic heterocycles. The van der Waals surface area contributed by atoms with Gasteiger partial charge in [0.25, 0.3) is 0 Å². The number of nitrogens with zero attached hydrogens (tertiary/aromatic N) is 1. The van der Waals surface area contributed by atoms with Crippen LogP contribution in [0.15, 0.2) is 41.3 Å². The minimum atomic E-state index is -3.53. The second-order valence-corrected chi connectivity index (χ2v) is 8.44. The fourth-order valence-electron chi connectivity index (χ4n) is 3.56. The Balaban J connectivity index is 1.91. The van der Waals surface area contributed by atoms with Crippen LogP contribution < -0.4 is 0 Å². The highest BCUT2D eigenvalue weighted by molar-refractivity contribution is 7.89. The Hall–Kier alpha value is -1.46. The molecule has 0 radical (unpaired) electrons. The molecule has 1 saturated carbocycles. The molecule has 3 rings (SSSR count). The summed E-state index contributed by atoms with van der Waals surface area (Å²) in [6.45, 7) is 8.60. The van der Waals surface area contributed by atoms with Gasteiger partial charge in [0.1, 0.15) is 5.78 Å². The molecule has 0 N–H and O–H groups in total. The first-order chi connectivity index (χ1) is 10.3. The summed E-state index contributed by atoms with van der Waals surface area (Å²) in [4.78, 5) is 12.2. The number of rotatable bonds is 2. The minimum absolute atomic E-state index is 0.0639. The van der Waals surface area contributed by atoms with Gasteiger partial charge in [0.15, 0.2) is 0 Å². The zero-order valence-corrected chi connectivity index (χ0v) is 13.8. The van der Waals surface area contributed by atoms with Crippen molar-refractivity contribution in [1.29, 1.82) is 0 Å². The van der Waals surface area contributed by atoms with E-state index in [1.54, 1.807) is 24.3 Å². The molecule has 1 aromatic rings. The lowest BCUT2D eigenvalue weighted by Crippen LogP contribution is -2.44. The number of sulfonamides is 1. The maximum absolute atomic E-state index is 12.8. The van der Waals surface area contributed by atoms with Crippen LogP contribution in [0.1, 0.15) is 18.9 Å². The molecular weight excluding hydrogens is 298 g/mol. The minimum Gasteiger partial charge on any atom is -0.299 e. The highest BCUT2D eigenvalue weighted by Crippen LogP contribution is 2.43. The van der Waals surface area contributed by atoms with Crippen LogP contribution in [0.3, 0.4) is 0 Å². The summed E-state index contributed by atoms with van der Waals surface area (Å²) in [5, 5.41) is 0. The van der Waals surface area contributed by atoms with E-state index in [0.29, 0.717) is 24.4 Å². The van der Waals surface area contributed by atoms with Crippen molar-refractivity contribution in [3.8, 4) is 0 Å². The van der Waals surface area contributed by atoms with E-state index in [-0.39, 0.29) is 23.5 Å². The van der Waals surface area contributed by atoms with Crippen LogP contribution in [-0.4, -0.2) is 31.6 Å². The summed E-state index contributed by atoms with van der Waals surface area (Å²) in [6.07, 6.45) is 0.517. The van der Waals surface area contributed by atoms with Gasteiger partial charge in [0.2, 0.25) is 10.0 Å². The third kappa shape index (κ3) is 2.42. The number of hydrogen-bond acceptors (Lipinski definition) is 3. The molecule has 3 atom stereocenters. The molecule has 0 spiro atoms. The molecule has 2 fully saturated rings. The normalized spacial score (nSPS) is 29.6. The Morgan fingerprint density at radius 2 is 1.86 bits per heavy atom. The molecular formula is C17H21NO3S. The van der Waals surface area contributed by atoms with Crippen molar-refractivity contribution in [3.63, 3.8) is 0 Å². The monoisotopic (exact) mass is 319 g/mol. The van der Waals surface area contributed by atoms with Crippen molar-refractivity contribution < 1.29 is 13.2 Å². The summed E-state index contributed by atoms with van der Waals surface area (Å²) in [6, 6.07) is 6.89. The number of benzene rings is 1. The quantitative estimate of drug-likeness (QED) is 0.787. The largest absolute Gasteiger partial charge is 0.299 e. The third-order valence-corrected chi connectivity index (χ3v) is 6.89. The Morgan fingerprint density at radius 3 is 2.50 bits per heavy atom. The van der Waals surface area contributed by atoms with Crippen LogP contribution in [0.4, 0.5) is 0 Å². The van der Waals surface area contributed by atoms with Gasteiger partial charge in [-0.05, 0) is 30.9 Å². The molecule has 4 nitrogen and oxygen atoms in total. The van der Waals surface area contributed by atoms with Crippen molar-refractivity contribution in [2.24, 2.45) is 17.8 Å². The van der Waals surface area contributed by atoms with E-state index in [4.69, 9.17) is 0 Å². The predicted octanol–water partition coefficient (Wildman–Crippen LogP) is 2.40. The van der Waals surface area contributed by atoms with Gasteiger partial charge in [0.05, 0.1) is 4.90 Å². The first-order valence-corrected chi connectivity index (χ1v) is 9.02. The molecule has 22 heavy (non-hydrogen) atoms. The maximum Gasteiger partial charge on any atom is 0.243 e. The van der Waals surface area contributed by atoms with Gasteiger partial charge in [-0.1, -0.05) is 36.8 Å². The number of fused-ring (bicyclic) bond motifs is 1. The van der Waals surface area contributed by atoms with Crippen molar-refractivity contribution in [2.45, 2.75) is 25.2 Å². The molecule has 0 bridgehead atoms. The number of carbonyl (C=O) groups is 1. The van der Waals surface area contributed by atoms with Gasteiger partial charge in [-0.3, -0.25) is 4.79 Å². The topological polar surface area (TPSA) is 54.5 Å². The summed E-state index contributed by atoms with van der Waals surface area (Å²) in [7, 11) is -3.53. The van der Waals surface area contributed by atoms with E-state index in [2.05, 4.69) is 6.58 Å². The first-order valence-electron chi connectivity index (χ1n) is 7.58. The third-order valence-electron chi connectivity index (χ3n) is 5.07. The molecule has 5 heteroatoms. The van der Waals surface area contributed by atoms with Crippen LogP contribution in [0, 0.1) is 24.7 Å². The number of hydrogen-bond donors (Lipinski definition) is 0. The Bertz CT molecular complexity index is 721. The van der Waals surface area contributed by atoms with E-state index in [1.165, 1.54) is 4.31 Å². The maximum atomic E-state index is 12.8. The van der Waals surface area contributed by atoms with Gasteiger partial charge < -0.3 is 0 Å². The van der Waals surface area contributed by atoms with Crippen LogP contribution in [-0.2, 0) is 14.8 Å². The van der Waals surface area contributed by atoms with E-state index in [9.17, 15) is 13.2 Å². The average Bonchev–Trinajstić information content (AvgIpc) is 2.76. The second-order valence-electron chi connectivity index (χ2n) is 6.50. The number of piperidine rings is 1. The second kappa shape index (κ2) is 5.32. The Morgan fingerprint density at radius 1 is 1.23 bits per heavy atom. The molecule has 1 aromatic carbocycles. The lowest BCUT2D eigenvalue weighted by atomic mass is 9.83. The lowest BCUT2D eigenvalue weighted by molar-refractivity contribution is -0.120. The summed E-state index contributed by atoms with van der Waals surface area (Å²) >= 11 is 0. The Labute approximate surface area is 131 Å². The molecule has 118 valence electrons. The summed E-state index contributed by atoms with van der Waals surface area (Å²) < 4.78 is 27.1. The Kier molecular flexibility index (Phi) is 3.73. The number of aryl methyl sites for hydroxylation is 1. The van der Waals surface area contributed by atoms with E-state index < -0.39 is 10.0 Å². The van der Waals surface area contributed by atoms with Crippen LogP contribution in [0.25, 0.3) is 0 Å². The molecule has 1 heterocycles. The number of carbonyl (C=O) groups excluding carboxylic acids is 1. The van der Waals surface area contributed by atoms with E-state index >= 15 is 0 Å². The fraction of sp³-hybridized carbons (Fsp3) is 0.471. The lowest BCUT2D eigenvalue weighted by Gasteiger charge is -2.36. The highest BCUT2D eigenvalue weighted by Gasteiger charge is 2.46. The van der Waals surface area contributed by atoms with Crippen molar-refractivity contribution in [3.05, 3.63) is 42.0 Å². The fourth-order valence-corrected chi connectivity index (χ4v) is 5.04. The van der Waals surface area contributed by atoms with Crippen LogP contribution in [0.5, 0.6) is 0 Å². The van der Waals surface area contributed by atoms with Crippen molar-refractivity contribution >= 4 is 15.8 Å². The zero-order chi connectivity index (χ0) is 16.1. The summed E-state index contributed by atoms with van der Waals surface area (Å²) in [5.74, 6) is 0.351. The molecule has 0 aromatic heterocycles. The zero-order valence-electron chi connectivity index (χ0n) is 13.0. The van der Waals surface area contributed by atoms with Crippen molar-refractivity contribution in [2.75, 3.05) is 13.1 Å². The summed E-state index contributed by atoms with van der Waals surface area (Å²) in [5.41, 5.74) is 1.89. The SMILES string of the molecule is C=C1CN(S(=O)(=O)c2ccc(C)cc2)CC2C(C)C(=O)CC12. The number of Topliss-reactive ketones (excluding diaryl/α,β-unsaturated/α-hetero) is 1. The van der Waals surface area contributed by atoms with Gasteiger partial charge in [-0.15, -0.1) is 0 Å². The van der Waals surface area contributed by atoms with E-state index in [0.717, 1.165) is 11.1 Å². The van der Waals surface area contributed by atoms with Gasteiger partial charge >= 0.3 is 0 Å². The molecule has 1 saturated heterocycles. The smallest absolute Gasteiger partial charge is 0.243 e. The standard InChI is InChI=1S/C17H21NO3S/c1-11-4-6-14(7-5-11)22(20,21)18-9-12(2)15-8-17(19)13(3)16(15)10-18/h4-7,13,15-16H,2,8-10H2,1,3H3. The van der Waals surface area contributed by atoms with Gasteiger partial charge in [0, 0.05) is 25.4 Å². The number of ketones is 1. The van der Waals surface area contributed by atoms with Crippen LogP contribution in [0.2, 0.25) is 0 Å². The van der Waals surface area contributed by atoms with Crippen molar-refractivity contribution in [1.82, 2.24) is 4.31 Å². The molecule has 0 amide bonds. The average molecular weight is 319 g/mol.